The third kappa shape index (κ3) is 3.77. The Morgan fingerprint density at radius 2 is 1.95 bits per heavy atom. The van der Waals surface area contributed by atoms with Crippen LogP contribution in [-0.2, 0) is 0 Å². The highest BCUT2D eigenvalue weighted by Crippen LogP contribution is 2.33. The second-order valence-corrected chi connectivity index (χ2v) is 7.56. The van der Waals surface area contributed by atoms with Gasteiger partial charge in [0.1, 0.15) is 5.44 Å². The van der Waals surface area contributed by atoms with E-state index in [-0.39, 0.29) is 0 Å². The van der Waals surface area contributed by atoms with Gasteiger partial charge in [0.2, 0.25) is 5.95 Å². The molecule has 1 aliphatic heterocycles. The molecule has 2 aliphatic rings. The number of thioether (sulfide) groups is 2. The maximum absolute atomic E-state index is 9.90. The summed E-state index contributed by atoms with van der Waals surface area (Å²) in [5.74, 6) is 0.688. The average molecular weight is 336 g/mol. The molecule has 1 aliphatic carbocycles. The van der Waals surface area contributed by atoms with Gasteiger partial charge in [0.05, 0.1) is 5.70 Å². The van der Waals surface area contributed by atoms with Gasteiger partial charge in [-0.2, -0.15) is 0 Å². The maximum Gasteiger partial charge on any atom is 0.222 e. The Morgan fingerprint density at radius 1 is 1.27 bits per heavy atom. The fraction of sp³-hybridized carbons (Fsp3) is 0.467. The topological polar surface area (TPSA) is 70.1 Å². The van der Waals surface area contributed by atoms with Crippen molar-refractivity contribution < 1.29 is 5.11 Å². The quantitative estimate of drug-likeness (QED) is 0.714. The van der Waals surface area contributed by atoms with Crippen molar-refractivity contribution in [3.05, 3.63) is 35.7 Å². The molecule has 0 bridgehead atoms. The molecule has 7 heteroatoms. The van der Waals surface area contributed by atoms with E-state index < -0.39 is 5.44 Å². The molecule has 5 nitrogen and oxygen atoms in total. The van der Waals surface area contributed by atoms with Crippen molar-refractivity contribution in [1.82, 2.24) is 15.3 Å². The smallest absolute Gasteiger partial charge is 0.222 e. The van der Waals surface area contributed by atoms with E-state index in [1.165, 1.54) is 11.8 Å². The summed E-state index contributed by atoms with van der Waals surface area (Å²) in [6.45, 7) is 3.87. The van der Waals surface area contributed by atoms with Crippen LogP contribution in [0.5, 0.6) is 0 Å². The Morgan fingerprint density at radius 3 is 2.55 bits per heavy atom. The van der Waals surface area contributed by atoms with Crippen molar-refractivity contribution in [2.75, 3.05) is 11.6 Å². The van der Waals surface area contributed by atoms with E-state index in [2.05, 4.69) is 27.2 Å². The predicted octanol–water partition coefficient (Wildman–Crippen LogP) is 2.58. The highest BCUT2D eigenvalue weighted by molar-refractivity contribution is 8.04. The number of aliphatic hydroxyl groups is 1. The van der Waals surface area contributed by atoms with Gasteiger partial charge in [0, 0.05) is 34.3 Å². The van der Waals surface area contributed by atoms with Crippen LogP contribution in [0.15, 0.2) is 40.5 Å². The number of nitrogens with zero attached hydrogens (tertiary/aromatic N) is 2. The van der Waals surface area contributed by atoms with Crippen LogP contribution in [-0.4, -0.2) is 38.8 Å². The summed E-state index contributed by atoms with van der Waals surface area (Å²) >= 11 is 3.02. The molecule has 118 valence electrons. The molecular weight excluding hydrogens is 316 g/mol. The summed E-state index contributed by atoms with van der Waals surface area (Å²) in [4.78, 5) is 10.6. The molecule has 22 heavy (non-hydrogen) atoms. The second kappa shape index (κ2) is 6.93. The molecule has 3 N–H and O–H groups in total. The van der Waals surface area contributed by atoms with Crippen molar-refractivity contribution in [2.24, 2.45) is 0 Å². The number of anilines is 1. The third-order valence-corrected chi connectivity index (χ3v) is 5.43. The highest BCUT2D eigenvalue weighted by Gasteiger charge is 2.28. The zero-order valence-electron chi connectivity index (χ0n) is 12.5. The zero-order valence-corrected chi connectivity index (χ0v) is 14.1. The van der Waals surface area contributed by atoms with Crippen LogP contribution < -0.4 is 10.6 Å². The van der Waals surface area contributed by atoms with Gasteiger partial charge < -0.3 is 15.7 Å². The molecular formula is C15H20N4OS2. The van der Waals surface area contributed by atoms with Crippen LogP contribution in [0.1, 0.15) is 19.3 Å². The number of aliphatic hydroxyl groups excluding tert-OH is 1. The number of rotatable bonds is 5. The van der Waals surface area contributed by atoms with Gasteiger partial charge in [-0.05, 0) is 31.6 Å². The fourth-order valence-electron chi connectivity index (χ4n) is 2.76. The van der Waals surface area contributed by atoms with Crippen LogP contribution >= 0.6 is 23.5 Å². The molecule has 1 aromatic rings. The zero-order chi connectivity index (χ0) is 15.5. The molecule has 0 saturated heterocycles. The fourth-order valence-corrected chi connectivity index (χ4v) is 3.82. The van der Waals surface area contributed by atoms with Crippen molar-refractivity contribution in [3.8, 4) is 0 Å². The van der Waals surface area contributed by atoms with E-state index in [0.717, 1.165) is 34.8 Å². The maximum atomic E-state index is 9.90. The number of aromatic nitrogens is 2. The van der Waals surface area contributed by atoms with Gasteiger partial charge in [-0.3, -0.25) is 0 Å². The first-order valence-electron chi connectivity index (χ1n) is 7.28. The number of hydrogen-bond donors (Lipinski definition) is 3. The van der Waals surface area contributed by atoms with Crippen molar-refractivity contribution in [3.63, 3.8) is 0 Å². The van der Waals surface area contributed by atoms with Crippen LogP contribution in [0.3, 0.4) is 0 Å². The SMILES string of the molecule is C=C1C=C(N[C@H]2CC[C@@H](Nc3ncc(SC)cn3)C2)[C@H](O)S1. The minimum atomic E-state index is -0.498. The first-order chi connectivity index (χ1) is 10.6. The summed E-state index contributed by atoms with van der Waals surface area (Å²) in [7, 11) is 0. The predicted molar refractivity (Wildman–Crippen MR) is 92.8 cm³/mol. The number of nitrogens with one attached hydrogen (secondary N) is 2. The molecule has 0 amide bonds. The van der Waals surface area contributed by atoms with E-state index in [1.807, 2.05) is 24.7 Å². The van der Waals surface area contributed by atoms with E-state index in [0.29, 0.717) is 18.0 Å². The van der Waals surface area contributed by atoms with Crippen LogP contribution in [0.25, 0.3) is 0 Å². The molecule has 2 heterocycles. The number of allylic oxidation sites excluding steroid dienone is 1. The lowest BCUT2D eigenvalue weighted by molar-refractivity contribution is 0.286. The highest BCUT2D eigenvalue weighted by atomic mass is 32.2. The molecule has 1 saturated carbocycles. The van der Waals surface area contributed by atoms with Crippen molar-refractivity contribution in [2.45, 2.75) is 41.7 Å². The Balaban J connectivity index is 1.51. The van der Waals surface area contributed by atoms with Gasteiger partial charge in [0.15, 0.2) is 0 Å². The normalized spacial score (nSPS) is 27.8. The molecule has 0 unspecified atom stereocenters. The van der Waals surface area contributed by atoms with Crippen LogP contribution in [0.4, 0.5) is 5.95 Å². The van der Waals surface area contributed by atoms with Crippen LogP contribution in [0.2, 0.25) is 0 Å². The van der Waals surface area contributed by atoms with Gasteiger partial charge in [0.25, 0.3) is 0 Å². The van der Waals surface area contributed by atoms with E-state index >= 15 is 0 Å². The second-order valence-electron chi connectivity index (χ2n) is 5.48. The van der Waals surface area contributed by atoms with Crippen molar-refractivity contribution in [1.29, 1.82) is 0 Å². The molecule has 0 radical (unpaired) electrons. The molecule has 1 aromatic heterocycles. The molecule has 0 aromatic carbocycles. The standard InChI is InChI=1S/C15H20N4OS2/c1-9-5-13(14(20)22-9)18-10-3-4-11(6-10)19-15-16-7-12(21-2)8-17-15/h5,7-8,10-11,14,18,20H,1,3-4,6H2,2H3,(H,16,17,19)/t10-,11+,14+/m0/s1. The average Bonchev–Trinajstić information content (AvgIpc) is 3.07. The molecule has 1 fully saturated rings. The Bertz CT molecular complexity index is 575. The van der Waals surface area contributed by atoms with E-state index in [1.54, 1.807) is 11.8 Å². The molecule has 3 atom stereocenters. The van der Waals surface area contributed by atoms with E-state index in [4.69, 9.17) is 0 Å². The summed E-state index contributed by atoms with van der Waals surface area (Å²) in [5, 5.41) is 16.7. The summed E-state index contributed by atoms with van der Waals surface area (Å²) in [5.41, 5.74) is 0.378. The first-order valence-corrected chi connectivity index (χ1v) is 9.39. The van der Waals surface area contributed by atoms with Gasteiger partial charge >= 0.3 is 0 Å². The summed E-state index contributed by atoms with van der Waals surface area (Å²) in [6.07, 6.45) is 10.8. The first kappa shape index (κ1) is 15.7. The minimum Gasteiger partial charge on any atom is -0.383 e. The van der Waals surface area contributed by atoms with Crippen LogP contribution in [0, 0.1) is 0 Å². The van der Waals surface area contributed by atoms with E-state index in [9.17, 15) is 5.11 Å². The lowest BCUT2D eigenvalue weighted by atomic mass is 10.2. The Kier molecular flexibility index (Phi) is 4.95. The minimum absolute atomic E-state index is 0.368. The largest absolute Gasteiger partial charge is 0.383 e. The Hall–Kier alpha value is -1.18. The summed E-state index contributed by atoms with van der Waals surface area (Å²) in [6, 6.07) is 0.739. The number of hydrogen-bond acceptors (Lipinski definition) is 7. The third-order valence-electron chi connectivity index (χ3n) is 3.85. The Labute approximate surface area is 139 Å². The van der Waals surface area contributed by atoms with Gasteiger partial charge in [-0.15, -0.1) is 11.8 Å². The monoisotopic (exact) mass is 336 g/mol. The summed E-state index contributed by atoms with van der Waals surface area (Å²) < 4.78 is 0. The molecule has 3 rings (SSSR count). The lowest BCUT2D eigenvalue weighted by Gasteiger charge is -2.18. The molecule has 0 spiro atoms. The van der Waals surface area contributed by atoms with Gasteiger partial charge in [-0.1, -0.05) is 18.3 Å². The lowest BCUT2D eigenvalue weighted by Crippen LogP contribution is -2.30. The van der Waals surface area contributed by atoms with Crippen molar-refractivity contribution >= 4 is 29.5 Å². The van der Waals surface area contributed by atoms with Gasteiger partial charge in [-0.25, -0.2) is 9.97 Å².